The van der Waals surface area contributed by atoms with Crippen LogP contribution in [0.15, 0.2) is 22.7 Å². The molecule has 1 aromatic carbocycles. The quantitative estimate of drug-likeness (QED) is 0.772. The maximum Gasteiger partial charge on any atom is 0.254 e. The Morgan fingerprint density at radius 2 is 2.12 bits per heavy atom. The number of benzene rings is 1. The van der Waals surface area contributed by atoms with Gasteiger partial charge in [0.05, 0.1) is 0 Å². The largest absolute Gasteiger partial charge is 0.354 e. The third-order valence-electron chi connectivity index (χ3n) is 4.22. The van der Waals surface area contributed by atoms with Gasteiger partial charge in [0.15, 0.2) is 0 Å². The summed E-state index contributed by atoms with van der Waals surface area (Å²) >= 11 is 3.43. The number of nitrogens with one attached hydrogen (secondary N) is 1. The van der Waals surface area contributed by atoms with Crippen LogP contribution in [-0.2, 0) is 4.79 Å². The highest BCUT2D eigenvalue weighted by molar-refractivity contribution is 9.10. The molecule has 1 fully saturated rings. The lowest BCUT2D eigenvalue weighted by Gasteiger charge is -2.36. The highest BCUT2D eigenvalue weighted by Gasteiger charge is 2.28. The van der Waals surface area contributed by atoms with E-state index in [4.69, 9.17) is 5.73 Å². The molecule has 134 valence electrons. The SMILES string of the molecule is Cc1ccc(Br)cc1C(=O)N1CCCCC1CNC(=O)CCN.Cl. The zero-order chi connectivity index (χ0) is 16.8. The third kappa shape index (κ3) is 5.46. The van der Waals surface area contributed by atoms with Crippen molar-refractivity contribution in [3.8, 4) is 0 Å². The van der Waals surface area contributed by atoms with Crippen molar-refractivity contribution in [1.29, 1.82) is 0 Å². The molecule has 7 heteroatoms. The fraction of sp³-hybridized carbons (Fsp3) is 0.529. The van der Waals surface area contributed by atoms with Crippen LogP contribution in [0.5, 0.6) is 0 Å². The Kier molecular flexibility index (Phi) is 8.73. The van der Waals surface area contributed by atoms with Gasteiger partial charge in [-0.3, -0.25) is 9.59 Å². The third-order valence-corrected chi connectivity index (χ3v) is 4.72. The van der Waals surface area contributed by atoms with Crippen LogP contribution in [0.1, 0.15) is 41.6 Å². The molecule has 0 spiro atoms. The minimum atomic E-state index is -0.0518. The van der Waals surface area contributed by atoms with E-state index in [1.165, 1.54) is 0 Å². The smallest absolute Gasteiger partial charge is 0.254 e. The van der Waals surface area contributed by atoms with Crippen LogP contribution in [0.4, 0.5) is 0 Å². The molecule has 1 saturated heterocycles. The summed E-state index contributed by atoms with van der Waals surface area (Å²) in [7, 11) is 0. The van der Waals surface area contributed by atoms with E-state index in [2.05, 4.69) is 21.2 Å². The van der Waals surface area contributed by atoms with E-state index in [0.29, 0.717) is 19.5 Å². The van der Waals surface area contributed by atoms with E-state index in [0.717, 1.165) is 41.4 Å². The van der Waals surface area contributed by atoms with Gasteiger partial charge in [0.1, 0.15) is 0 Å². The first-order chi connectivity index (χ1) is 11.0. The Morgan fingerprint density at radius 1 is 1.38 bits per heavy atom. The summed E-state index contributed by atoms with van der Waals surface area (Å²) in [6.07, 6.45) is 3.33. The van der Waals surface area contributed by atoms with Gasteiger partial charge in [-0.05, 0) is 43.9 Å². The van der Waals surface area contributed by atoms with Crippen molar-refractivity contribution in [3.63, 3.8) is 0 Å². The van der Waals surface area contributed by atoms with Crippen molar-refractivity contribution in [3.05, 3.63) is 33.8 Å². The number of rotatable bonds is 5. The molecule has 3 N–H and O–H groups in total. The van der Waals surface area contributed by atoms with Crippen molar-refractivity contribution >= 4 is 40.2 Å². The van der Waals surface area contributed by atoms with E-state index in [1.54, 1.807) is 0 Å². The highest BCUT2D eigenvalue weighted by Crippen LogP contribution is 2.23. The molecule has 2 rings (SSSR count). The molecule has 1 heterocycles. The predicted molar refractivity (Wildman–Crippen MR) is 101 cm³/mol. The lowest BCUT2D eigenvalue weighted by atomic mass is 9.99. The van der Waals surface area contributed by atoms with Crippen molar-refractivity contribution < 1.29 is 9.59 Å². The number of nitrogens with zero attached hydrogens (tertiary/aromatic N) is 1. The first kappa shape index (κ1) is 20.9. The molecule has 0 bridgehead atoms. The molecule has 1 aliphatic rings. The van der Waals surface area contributed by atoms with Crippen molar-refractivity contribution in [2.75, 3.05) is 19.6 Å². The molecular weight excluding hydrogens is 394 g/mol. The number of nitrogens with two attached hydrogens (primary N) is 1. The van der Waals surface area contributed by atoms with Crippen molar-refractivity contribution in [1.82, 2.24) is 10.2 Å². The van der Waals surface area contributed by atoms with E-state index in [-0.39, 0.29) is 30.3 Å². The Morgan fingerprint density at radius 3 is 2.83 bits per heavy atom. The van der Waals surface area contributed by atoms with Crippen molar-refractivity contribution in [2.45, 2.75) is 38.6 Å². The summed E-state index contributed by atoms with van der Waals surface area (Å²) in [5.74, 6) is -0.00863. The van der Waals surface area contributed by atoms with Crippen molar-refractivity contribution in [2.24, 2.45) is 5.73 Å². The predicted octanol–water partition coefficient (Wildman–Crippen LogP) is 2.64. The molecule has 1 atom stereocenters. The van der Waals surface area contributed by atoms with Crippen LogP contribution in [0.3, 0.4) is 0 Å². The van der Waals surface area contributed by atoms with Gasteiger partial charge in [0.2, 0.25) is 5.91 Å². The zero-order valence-corrected chi connectivity index (χ0v) is 16.3. The first-order valence-electron chi connectivity index (χ1n) is 8.07. The summed E-state index contributed by atoms with van der Waals surface area (Å²) in [4.78, 5) is 26.5. The number of hydrogen-bond donors (Lipinski definition) is 2. The second-order valence-corrected chi connectivity index (χ2v) is 6.87. The topological polar surface area (TPSA) is 75.4 Å². The normalized spacial score (nSPS) is 17.1. The lowest BCUT2D eigenvalue weighted by molar-refractivity contribution is -0.121. The van der Waals surface area contributed by atoms with Gasteiger partial charge in [-0.1, -0.05) is 22.0 Å². The van der Waals surface area contributed by atoms with E-state index in [9.17, 15) is 9.59 Å². The number of piperidine rings is 1. The average Bonchev–Trinajstić information content (AvgIpc) is 2.55. The molecule has 0 aliphatic carbocycles. The van der Waals surface area contributed by atoms with Crippen LogP contribution >= 0.6 is 28.3 Å². The molecule has 5 nitrogen and oxygen atoms in total. The number of likely N-dealkylation sites (tertiary alicyclic amines) is 1. The van der Waals surface area contributed by atoms with Gasteiger partial charge in [0.25, 0.3) is 5.91 Å². The fourth-order valence-corrected chi connectivity index (χ4v) is 3.27. The lowest BCUT2D eigenvalue weighted by Crippen LogP contribution is -2.49. The van der Waals surface area contributed by atoms with Gasteiger partial charge >= 0.3 is 0 Å². The maximum absolute atomic E-state index is 12.9. The molecule has 0 saturated carbocycles. The van der Waals surface area contributed by atoms with Gasteiger partial charge < -0.3 is 16.0 Å². The number of hydrogen-bond acceptors (Lipinski definition) is 3. The van der Waals surface area contributed by atoms with E-state index < -0.39 is 0 Å². The van der Waals surface area contributed by atoms with Crippen LogP contribution in [0.25, 0.3) is 0 Å². The minimum absolute atomic E-state index is 0. The number of amides is 2. The summed E-state index contributed by atoms with van der Waals surface area (Å²) < 4.78 is 0.899. The van der Waals surface area contributed by atoms with Gasteiger partial charge in [0, 0.05) is 42.1 Å². The molecule has 0 radical (unpaired) electrons. The Hall–Kier alpha value is -1.11. The molecule has 1 unspecified atom stereocenters. The number of halogens is 2. The summed E-state index contributed by atoms with van der Waals surface area (Å²) in [5.41, 5.74) is 7.08. The molecule has 24 heavy (non-hydrogen) atoms. The molecule has 0 aromatic heterocycles. The monoisotopic (exact) mass is 417 g/mol. The highest BCUT2D eigenvalue weighted by atomic mass is 79.9. The van der Waals surface area contributed by atoms with Crippen LogP contribution in [0.2, 0.25) is 0 Å². The fourth-order valence-electron chi connectivity index (χ4n) is 2.91. The van der Waals surface area contributed by atoms with Gasteiger partial charge in [-0.15, -0.1) is 12.4 Å². The van der Waals surface area contributed by atoms with Crippen LogP contribution < -0.4 is 11.1 Å². The first-order valence-corrected chi connectivity index (χ1v) is 8.86. The van der Waals surface area contributed by atoms with Gasteiger partial charge in [-0.25, -0.2) is 0 Å². The number of carbonyl (C=O) groups excluding carboxylic acids is 2. The summed E-state index contributed by atoms with van der Waals surface area (Å²) in [6.45, 7) is 3.53. The van der Waals surface area contributed by atoms with Crippen LogP contribution in [-0.4, -0.2) is 42.4 Å². The molecule has 1 aromatic rings. The average molecular weight is 419 g/mol. The van der Waals surface area contributed by atoms with Crippen LogP contribution in [0, 0.1) is 6.92 Å². The Labute approximate surface area is 157 Å². The zero-order valence-electron chi connectivity index (χ0n) is 13.9. The second kappa shape index (κ2) is 10.0. The van der Waals surface area contributed by atoms with E-state index >= 15 is 0 Å². The van der Waals surface area contributed by atoms with E-state index in [1.807, 2.05) is 30.0 Å². The summed E-state index contributed by atoms with van der Waals surface area (Å²) in [5, 5.41) is 2.89. The summed E-state index contributed by atoms with van der Waals surface area (Å²) in [6, 6.07) is 5.80. The molecular formula is C17H25BrClN3O2. The number of aryl methyl sites for hydroxylation is 1. The minimum Gasteiger partial charge on any atom is -0.354 e. The molecule has 1 aliphatic heterocycles. The second-order valence-electron chi connectivity index (χ2n) is 5.95. The maximum atomic E-state index is 12.9. The Bertz CT molecular complexity index is 583. The molecule has 2 amide bonds. The standard InChI is InChI=1S/C17H24BrN3O2.ClH/c1-12-5-6-13(18)10-15(12)17(23)21-9-3-2-4-14(21)11-20-16(22)7-8-19;/h5-6,10,14H,2-4,7-9,11,19H2,1H3,(H,20,22);1H. The van der Waals surface area contributed by atoms with Gasteiger partial charge in [-0.2, -0.15) is 0 Å². The number of carbonyl (C=O) groups is 2. The Balaban J connectivity index is 0.00000288.